The molecule has 0 fully saturated rings. The fraction of sp³-hybridized carbons (Fsp3) is 0.308. The summed E-state index contributed by atoms with van der Waals surface area (Å²) < 4.78 is 0. The van der Waals surface area contributed by atoms with Crippen LogP contribution in [0.25, 0.3) is 0 Å². The second kappa shape index (κ2) is 6.13. The number of carboxylic acids is 1. The molecule has 0 amide bonds. The molecule has 0 saturated heterocycles. The molecule has 0 spiro atoms. The molecule has 0 aliphatic carbocycles. The van der Waals surface area contributed by atoms with Gasteiger partial charge in [-0.2, -0.15) is 11.3 Å². The van der Waals surface area contributed by atoms with Crippen molar-refractivity contribution in [2.45, 2.75) is 19.9 Å². The van der Waals surface area contributed by atoms with Crippen LogP contribution in [0.5, 0.6) is 0 Å². The second-order valence-electron chi connectivity index (χ2n) is 4.06. The highest BCUT2D eigenvalue weighted by atomic mass is 32.1. The monoisotopic (exact) mass is 281 g/mol. The van der Waals surface area contributed by atoms with E-state index in [0.29, 0.717) is 4.88 Å². The molecule has 18 heavy (non-hydrogen) atoms. The predicted molar refractivity (Wildman–Crippen MR) is 75.7 cm³/mol. The van der Waals surface area contributed by atoms with Crippen LogP contribution >= 0.6 is 22.7 Å². The van der Waals surface area contributed by atoms with Crippen molar-refractivity contribution in [3.05, 3.63) is 43.8 Å². The average molecular weight is 281 g/mol. The van der Waals surface area contributed by atoms with E-state index in [1.54, 1.807) is 17.4 Å². The number of rotatable bonds is 6. The lowest BCUT2D eigenvalue weighted by Crippen LogP contribution is -2.16. The Bertz CT molecular complexity index is 517. The molecule has 96 valence electrons. The van der Waals surface area contributed by atoms with Gasteiger partial charge in [-0.1, -0.05) is 0 Å². The van der Waals surface area contributed by atoms with Gasteiger partial charge in [0.05, 0.1) is 0 Å². The van der Waals surface area contributed by atoms with Crippen LogP contribution in [0, 0.1) is 6.92 Å². The van der Waals surface area contributed by atoms with Gasteiger partial charge in [0.25, 0.3) is 0 Å². The first-order chi connectivity index (χ1) is 8.66. The summed E-state index contributed by atoms with van der Waals surface area (Å²) in [6.45, 7) is 3.61. The maximum atomic E-state index is 10.8. The van der Waals surface area contributed by atoms with Crippen molar-refractivity contribution < 1.29 is 9.90 Å². The Kier molecular flexibility index (Phi) is 4.52. The topological polar surface area (TPSA) is 49.3 Å². The van der Waals surface area contributed by atoms with Crippen LogP contribution < -0.4 is 5.32 Å². The fourth-order valence-corrected chi connectivity index (χ4v) is 3.28. The van der Waals surface area contributed by atoms with E-state index in [0.717, 1.165) is 30.0 Å². The number of aryl methyl sites for hydroxylation is 1. The van der Waals surface area contributed by atoms with Crippen LogP contribution in [0.4, 0.5) is 0 Å². The zero-order chi connectivity index (χ0) is 13.0. The third-order valence-corrected chi connectivity index (χ3v) is 4.53. The summed E-state index contributed by atoms with van der Waals surface area (Å²) in [6, 6.07) is 3.89. The molecule has 2 N–H and O–H groups in total. The standard InChI is InChI=1S/C13H15NO2S2/c1-9-11(6-12(18-9)13(15)16)7-14-4-2-10-3-5-17-8-10/h3,5-6,8,14H,2,4,7H2,1H3,(H,15,16). The number of carboxylic acid groups (broad SMARTS) is 1. The molecule has 0 aromatic carbocycles. The van der Waals surface area contributed by atoms with Gasteiger partial charge >= 0.3 is 5.97 Å². The van der Waals surface area contributed by atoms with Crippen molar-refractivity contribution in [3.63, 3.8) is 0 Å². The van der Waals surface area contributed by atoms with E-state index in [4.69, 9.17) is 5.11 Å². The number of hydrogen-bond acceptors (Lipinski definition) is 4. The molecule has 0 saturated carbocycles. The Labute approximate surface area is 114 Å². The van der Waals surface area contributed by atoms with Gasteiger partial charge in [-0.15, -0.1) is 11.3 Å². The highest BCUT2D eigenvalue weighted by molar-refractivity contribution is 7.14. The summed E-state index contributed by atoms with van der Waals surface area (Å²) in [5.41, 5.74) is 2.43. The molecule has 3 nitrogen and oxygen atoms in total. The Morgan fingerprint density at radius 2 is 2.33 bits per heavy atom. The highest BCUT2D eigenvalue weighted by Crippen LogP contribution is 2.21. The molecular weight excluding hydrogens is 266 g/mol. The molecule has 0 atom stereocenters. The zero-order valence-corrected chi connectivity index (χ0v) is 11.7. The zero-order valence-electron chi connectivity index (χ0n) is 10.1. The van der Waals surface area contributed by atoms with E-state index in [1.165, 1.54) is 16.9 Å². The minimum Gasteiger partial charge on any atom is -0.477 e. The molecule has 0 aliphatic heterocycles. The van der Waals surface area contributed by atoms with Crippen LogP contribution in [0.1, 0.15) is 25.7 Å². The minimum atomic E-state index is -0.840. The first-order valence-electron chi connectivity index (χ1n) is 5.71. The second-order valence-corrected chi connectivity index (χ2v) is 6.09. The molecule has 2 aromatic rings. The lowest BCUT2D eigenvalue weighted by Gasteiger charge is -2.03. The Balaban J connectivity index is 1.81. The normalized spacial score (nSPS) is 10.7. The first kappa shape index (κ1) is 13.3. The summed E-state index contributed by atoms with van der Waals surface area (Å²) in [5.74, 6) is -0.840. The van der Waals surface area contributed by atoms with E-state index in [1.807, 2.05) is 6.92 Å². The summed E-state index contributed by atoms with van der Waals surface area (Å²) >= 11 is 3.05. The molecule has 2 heterocycles. The van der Waals surface area contributed by atoms with Gasteiger partial charge < -0.3 is 10.4 Å². The summed E-state index contributed by atoms with van der Waals surface area (Å²) in [4.78, 5) is 12.3. The maximum Gasteiger partial charge on any atom is 0.345 e. The molecule has 0 aliphatic rings. The van der Waals surface area contributed by atoms with Crippen molar-refractivity contribution >= 4 is 28.6 Å². The number of thiophene rings is 2. The van der Waals surface area contributed by atoms with E-state index in [-0.39, 0.29) is 0 Å². The molecule has 5 heteroatoms. The lowest BCUT2D eigenvalue weighted by molar-refractivity contribution is 0.0702. The van der Waals surface area contributed by atoms with Crippen molar-refractivity contribution in [2.24, 2.45) is 0 Å². The maximum absolute atomic E-state index is 10.8. The van der Waals surface area contributed by atoms with Gasteiger partial charge in [-0.05, 0) is 53.9 Å². The van der Waals surface area contributed by atoms with E-state index in [2.05, 4.69) is 22.1 Å². The number of nitrogens with one attached hydrogen (secondary N) is 1. The molecule has 2 rings (SSSR count). The van der Waals surface area contributed by atoms with Gasteiger partial charge in [0, 0.05) is 11.4 Å². The summed E-state index contributed by atoms with van der Waals surface area (Å²) in [6.07, 6.45) is 1.01. The van der Waals surface area contributed by atoms with Crippen molar-refractivity contribution in [1.29, 1.82) is 0 Å². The van der Waals surface area contributed by atoms with Crippen molar-refractivity contribution in [1.82, 2.24) is 5.32 Å². The lowest BCUT2D eigenvalue weighted by atomic mass is 10.2. The Morgan fingerprint density at radius 1 is 1.50 bits per heavy atom. The molecule has 0 bridgehead atoms. The van der Waals surface area contributed by atoms with Gasteiger partial charge in [0.15, 0.2) is 0 Å². The fourth-order valence-electron chi connectivity index (χ4n) is 1.69. The van der Waals surface area contributed by atoms with E-state index < -0.39 is 5.97 Å². The predicted octanol–water partition coefficient (Wildman–Crippen LogP) is 3.15. The minimum absolute atomic E-state index is 0.419. The largest absolute Gasteiger partial charge is 0.477 e. The molecule has 2 aromatic heterocycles. The molecular formula is C13H15NO2S2. The van der Waals surface area contributed by atoms with Gasteiger partial charge in [-0.25, -0.2) is 4.79 Å². The molecule has 0 unspecified atom stereocenters. The quantitative estimate of drug-likeness (QED) is 0.800. The smallest absolute Gasteiger partial charge is 0.345 e. The van der Waals surface area contributed by atoms with Gasteiger partial charge in [0.2, 0.25) is 0 Å². The summed E-state index contributed by atoms with van der Waals surface area (Å²) in [7, 11) is 0. The van der Waals surface area contributed by atoms with Crippen molar-refractivity contribution in [3.8, 4) is 0 Å². The number of hydrogen-bond donors (Lipinski definition) is 2. The Morgan fingerprint density at radius 3 is 2.94 bits per heavy atom. The van der Waals surface area contributed by atoms with E-state index in [9.17, 15) is 4.79 Å². The third-order valence-electron chi connectivity index (χ3n) is 2.72. The Hall–Kier alpha value is -1.17. The number of carbonyl (C=O) groups is 1. The SMILES string of the molecule is Cc1sc(C(=O)O)cc1CNCCc1ccsc1. The average Bonchev–Trinajstić information content (AvgIpc) is 2.94. The van der Waals surface area contributed by atoms with Crippen molar-refractivity contribution in [2.75, 3.05) is 6.54 Å². The summed E-state index contributed by atoms with van der Waals surface area (Å²) in [5, 5.41) is 16.5. The highest BCUT2D eigenvalue weighted by Gasteiger charge is 2.10. The van der Waals surface area contributed by atoms with E-state index >= 15 is 0 Å². The van der Waals surface area contributed by atoms with Crippen LogP contribution in [0.3, 0.4) is 0 Å². The van der Waals surface area contributed by atoms with Crippen LogP contribution in [0.2, 0.25) is 0 Å². The first-order valence-corrected chi connectivity index (χ1v) is 7.47. The van der Waals surface area contributed by atoms with Gasteiger partial charge in [0.1, 0.15) is 4.88 Å². The number of aromatic carboxylic acids is 1. The van der Waals surface area contributed by atoms with Crippen LogP contribution in [0.15, 0.2) is 22.9 Å². The third kappa shape index (κ3) is 3.41. The van der Waals surface area contributed by atoms with Gasteiger partial charge in [-0.3, -0.25) is 0 Å². The van der Waals surface area contributed by atoms with Crippen LogP contribution in [-0.4, -0.2) is 17.6 Å². The molecule has 0 radical (unpaired) electrons. The van der Waals surface area contributed by atoms with Crippen LogP contribution in [-0.2, 0) is 13.0 Å².